The van der Waals surface area contributed by atoms with Crippen molar-refractivity contribution in [3.05, 3.63) is 0 Å². The number of hydrogen-bond acceptors (Lipinski definition) is 3. The molecular formula is C6H11NO3. The first-order valence-electron chi connectivity index (χ1n) is 3.32. The number of aliphatic carboxylic acids is 1. The van der Waals surface area contributed by atoms with Gasteiger partial charge < -0.3 is 15.5 Å². The fraction of sp³-hybridized carbons (Fsp3) is 0.833. The zero-order valence-corrected chi connectivity index (χ0v) is 5.58. The first-order chi connectivity index (χ1) is 4.75. The molecule has 0 bridgehead atoms. The lowest BCUT2D eigenvalue weighted by atomic mass is 10.0. The number of aliphatic hydroxyl groups excluding tert-OH is 1. The van der Waals surface area contributed by atoms with Gasteiger partial charge in [-0.25, -0.2) is 0 Å². The highest BCUT2D eigenvalue weighted by Crippen LogP contribution is 2.14. The maximum atomic E-state index is 10.4. The SMILES string of the molecule is O=C(O)[C@@H]1CCN[C@@H]1CO. The Morgan fingerprint density at radius 2 is 2.40 bits per heavy atom. The van der Waals surface area contributed by atoms with Crippen molar-refractivity contribution >= 4 is 5.97 Å². The maximum Gasteiger partial charge on any atom is 0.308 e. The second-order valence-corrected chi connectivity index (χ2v) is 2.48. The van der Waals surface area contributed by atoms with E-state index in [1.807, 2.05) is 0 Å². The normalized spacial score (nSPS) is 32.5. The van der Waals surface area contributed by atoms with Gasteiger partial charge in [0.1, 0.15) is 0 Å². The summed E-state index contributed by atoms with van der Waals surface area (Å²) in [6, 6.07) is -0.238. The molecule has 0 unspecified atom stereocenters. The van der Waals surface area contributed by atoms with Gasteiger partial charge in [0.15, 0.2) is 0 Å². The van der Waals surface area contributed by atoms with Crippen molar-refractivity contribution in [2.45, 2.75) is 12.5 Å². The monoisotopic (exact) mass is 145 g/mol. The van der Waals surface area contributed by atoms with E-state index >= 15 is 0 Å². The Bertz CT molecular complexity index is 137. The van der Waals surface area contributed by atoms with Gasteiger partial charge in [-0.3, -0.25) is 4.79 Å². The molecule has 1 saturated heterocycles. The Morgan fingerprint density at radius 1 is 1.70 bits per heavy atom. The molecule has 1 aliphatic heterocycles. The van der Waals surface area contributed by atoms with Crippen LogP contribution in [0.25, 0.3) is 0 Å². The number of carboxylic acid groups (broad SMARTS) is 1. The van der Waals surface area contributed by atoms with Crippen LogP contribution < -0.4 is 5.32 Å². The Kier molecular flexibility index (Phi) is 2.24. The Hall–Kier alpha value is -0.610. The number of carbonyl (C=O) groups is 1. The Morgan fingerprint density at radius 3 is 2.80 bits per heavy atom. The largest absolute Gasteiger partial charge is 0.481 e. The van der Waals surface area contributed by atoms with Crippen LogP contribution in [0.4, 0.5) is 0 Å². The molecule has 0 amide bonds. The molecule has 58 valence electrons. The minimum Gasteiger partial charge on any atom is -0.481 e. The first-order valence-corrected chi connectivity index (χ1v) is 3.32. The van der Waals surface area contributed by atoms with E-state index in [9.17, 15) is 4.79 Å². The summed E-state index contributed by atoms with van der Waals surface area (Å²) in [5.41, 5.74) is 0. The highest BCUT2D eigenvalue weighted by atomic mass is 16.4. The molecule has 0 aromatic rings. The summed E-state index contributed by atoms with van der Waals surface area (Å²) in [7, 11) is 0. The highest BCUT2D eigenvalue weighted by molar-refractivity contribution is 5.71. The van der Waals surface area contributed by atoms with Gasteiger partial charge in [0, 0.05) is 6.04 Å². The van der Waals surface area contributed by atoms with Gasteiger partial charge in [0.05, 0.1) is 12.5 Å². The second kappa shape index (κ2) is 2.98. The summed E-state index contributed by atoms with van der Waals surface area (Å²) in [6.07, 6.45) is 0.626. The number of aliphatic hydroxyl groups is 1. The molecule has 1 heterocycles. The third-order valence-corrected chi connectivity index (χ3v) is 1.86. The van der Waals surface area contributed by atoms with Crippen LogP contribution in [0.15, 0.2) is 0 Å². The summed E-state index contributed by atoms with van der Waals surface area (Å²) in [5, 5.41) is 20.1. The Balaban J connectivity index is 2.50. The van der Waals surface area contributed by atoms with Crippen molar-refractivity contribution in [1.29, 1.82) is 0 Å². The molecule has 0 saturated carbocycles. The minimum absolute atomic E-state index is 0.0863. The van der Waals surface area contributed by atoms with E-state index in [4.69, 9.17) is 10.2 Å². The van der Waals surface area contributed by atoms with Crippen molar-refractivity contribution in [2.24, 2.45) is 5.92 Å². The Labute approximate surface area is 58.9 Å². The quantitative estimate of drug-likeness (QED) is 0.468. The molecule has 0 aromatic carbocycles. The summed E-state index contributed by atoms with van der Waals surface area (Å²) in [6.45, 7) is 0.610. The van der Waals surface area contributed by atoms with Crippen LogP contribution in [0, 0.1) is 5.92 Å². The van der Waals surface area contributed by atoms with Crippen molar-refractivity contribution in [3.8, 4) is 0 Å². The lowest BCUT2D eigenvalue weighted by Gasteiger charge is -2.11. The van der Waals surface area contributed by atoms with Gasteiger partial charge >= 0.3 is 5.97 Å². The van der Waals surface area contributed by atoms with Crippen LogP contribution in [0.5, 0.6) is 0 Å². The molecular weight excluding hydrogens is 134 g/mol. The minimum atomic E-state index is -0.816. The van der Waals surface area contributed by atoms with Gasteiger partial charge in [-0.15, -0.1) is 0 Å². The summed E-state index contributed by atoms with van der Waals surface area (Å²) >= 11 is 0. The van der Waals surface area contributed by atoms with Gasteiger partial charge in [0.2, 0.25) is 0 Å². The van der Waals surface area contributed by atoms with Crippen LogP contribution in [0.3, 0.4) is 0 Å². The van der Waals surface area contributed by atoms with E-state index in [-0.39, 0.29) is 12.6 Å². The van der Waals surface area contributed by atoms with Crippen LogP contribution in [0.1, 0.15) is 6.42 Å². The van der Waals surface area contributed by atoms with Crippen molar-refractivity contribution in [1.82, 2.24) is 5.32 Å². The third-order valence-electron chi connectivity index (χ3n) is 1.86. The summed E-state index contributed by atoms with van der Waals surface area (Å²) < 4.78 is 0. The predicted octanol–water partition coefficient (Wildman–Crippen LogP) is -0.959. The van der Waals surface area contributed by atoms with E-state index in [2.05, 4.69) is 5.32 Å². The third kappa shape index (κ3) is 1.27. The molecule has 4 heteroatoms. The zero-order valence-electron chi connectivity index (χ0n) is 5.58. The topological polar surface area (TPSA) is 69.6 Å². The van der Waals surface area contributed by atoms with E-state index in [1.54, 1.807) is 0 Å². The van der Waals surface area contributed by atoms with Gasteiger partial charge in [-0.05, 0) is 13.0 Å². The lowest BCUT2D eigenvalue weighted by Crippen LogP contribution is -2.34. The molecule has 1 fully saturated rings. The van der Waals surface area contributed by atoms with Crippen molar-refractivity contribution in [3.63, 3.8) is 0 Å². The van der Waals surface area contributed by atoms with Gasteiger partial charge in [-0.2, -0.15) is 0 Å². The summed E-state index contributed by atoms with van der Waals surface area (Å²) in [4.78, 5) is 10.4. The van der Waals surface area contributed by atoms with Gasteiger partial charge in [0.25, 0.3) is 0 Å². The van der Waals surface area contributed by atoms with Gasteiger partial charge in [-0.1, -0.05) is 0 Å². The summed E-state index contributed by atoms with van der Waals surface area (Å²) in [5.74, 6) is -1.21. The molecule has 10 heavy (non-hydrogen) atoms. The van der Waals surface area contributed by atoms with Crippen LogP contribution in [-0.4, -0.2) is 35.4 Å². The van der Waals surface area contributed by atoms with Crippen molar-refractivity contribution in [2.75, 3.05) is 13.2 Å². The maximum absolute atomic E-state index is 10.4. The lowest BCUT2D eigenvalue weighted by molar-refractivity contribution is -0.142. The van der Waals surface area contributed by atoms with E-state index in [0.29, 0.717) is 13.0 Å². The second-order valence-electron chi connectivity index (χ2n) is 2.48. The first kappa shape index (κ1) is 7.50. The molecule has 4 nitrogen and oxygen atoms in total. The van der Waals surface area contributed by atoms with Crippen LogP contribution in [0.2, 0.25) is 0 Å². The molecule has 0 radical (unpaired) electrons. The molecule has 3 N–H and O–H groups in total. The fourth-order valence-electron chi connectivity index (χ4n) is 1.26. The predicted molar refractivity (Wildman–Crippen MR) is 34.6 cm³/mol. The van der Waals surface area contributed by atoms with E-state index in [0.717, 1.165) is 0 Å². The van der Waals surface area contributed by atoms with E-state index in [1.165, 1.54) is 0 Å². The molecule has 0 aliphatic carbocycles. The fourth-order valence-corrected chi connectivity index (χ4v) is 1.26. The molecule has 2 atom stereocenters. The number of hydrogen-bond donors (Lipinski definition) is 3. The van der Waals surface area contributed by atoms with Crippen molar-refractivity contribution < 1.29 is 15.0 Å². The number of nitrogens with one attached hydrogen (secondary N) is 1. The highest BCUT2D eigenvalue weighted by Gasteiger charge is 2.31. The molecule has 1 rings (SSSR count). The molecule has 1 aliphatic rings. The van der Waals surface area contributed by atoms with Crippen LogP contribution >= 0.6 is 0 Å². The molecule has 0 spiro atoms. The zero-order chi connectivity index (χ0) is 7.56. The van der Waals surface area contributed by atoms with Crippen LogP contribution in [-0.2, 0) is 4.79 Å². The average molecular weight is 145 g/mol. The standard InChI is InChI=1S/C6H11NO3/c8-3-5-4(6(9)10)1-2-7-5/h4-5,7-8H,1-3H2,(H,9,10)/t4-,5-/m1/s1. The average Bonchev–Trinajstić information content (AvgIpc) is 2.33. The number of rotatable bonds is 2. The molecule has 0 aromatic heterocycles. The smallest absolute Gasteiger partial charge is 0.308 e. The number of carboxylic acids is 1. The van der Waals surface area contributed by atoms with E-state index < -0.39 is 11.9 Å².